The van der Waals surface area contributed by atoms with E-state index in [2.05, 4.69) is 68.6 Å². The Hall–Kier alpha value is -1.76. The third-order valence-electron chi connectivity index (χ3n) is 3.02. The van der Waals surface area contributed by atoms with E-state index in [9.17, 15) is 0 Å². The van der Waals surface area contributed by atoms with Crippen LogP contribution in [-0.2, 0) is 0 Å². The fraction of sp³-hybridized carbons (Fsp3) is 0.200. The number of rotatable bonds is 2. The maximum Gasteiger partial charge on any atom is 0.0416 e. The smallest absolute Gasteiger partial charge is 0.0416 e. The number of anilines is 2. The van der Waals surface area contributed by atoms with E-state index >= 15 is 0 Å². The summed E-state index contributed by atoms with van der Waals surface area (Å²) in [5.74, 6) is 0. The zero-order valence-electron chi connectivity index (χ0n) is 10.0. The standard InChI is InChI=1S/C15H17N/c1-11-8-6-10-15(13(11)3)16-14-9-5-4-7-12(14)2/h4-10,16H,1-3H3. The number of nitrogens with one attached hydrogen (secondary N) is 1. The van der Waals surface area contributed by atoms with Crippen molar-refractivity contribution in [1.82, 2.24) is 0 Å². The maximum atomic E-state index is 3.48. The lowest BCUT2D eigenvalue weighted by Crippen LogP contribution is -1.96. The van der Waals surface area contributed by atoms with Gasteiger partial charge in [0, 0.05) is 11.4 Å². The molecule has 0 heterocycles. The first-order chi connectivity index (χ1) is 7.68. The number of hydrogen-bond donors (Lipinski definition) is 1. The molecule has 0 aliphatic carbocycles. The van der Waals surface area contributed by atoms with E-state index in [0.717, 1.165) is 0 Å². The summed E-state index contributed by atoms with van der Waals surface area (Å²) in [7, 11) is 0. The second-order valence-corrected chi connectivity index (χ2v) is 4.19. The summed E-state index contributed by atoms with van der Waals surface area (Å²) in [6.07, 6.45) is 0. The van der Waals surface area contributed by atoms with Gasteiger partial charge in [0.1, 0.15) is 0 Å². The second-order valence-electron chi connectivity index (χ2n) is 4.19. The SMILES string of the molecule is Cc1ccccc1Nc1cccc(C)c1C. The molecule has 1 nitrogen and oxygen atoms in total. The molecule has 1 N–H and O–H groups in total. The van der Waals surface area contributed by atoms with Crippen LogP contribution in [0, 0.1) is 20.8 Å². The van der Waals surface area contributed by atoms with Gasteiger partial charge in [-0.05, 0) is 49.6 Å². The summed E-state index contributed by atoms with van der Waals surface area (Å²) >= 11 is 0. The van der Waals surface area contributed by atoms with Gasteiger partial charge in [-0.25, -0.2) is 0 Å². The molecule has 0 bridgehead atoms. The van der Waals surface area contributed by atoms with Crippen molar-refractivity contribution in [2.45, 2.75) is 20.8 Å². The van der Waals surface area contributed by atoms with Gasteiger partial charge in [0.05, 0.1) is 0 Å². The van der Waals surface area contributed by atoms with Crippen LogP contribution in [0.1, 0.15) is 16.7 Å². The number of para-hydroxylation sites is 1. The average molecular weight is 211 g/mol. The zero-order valence-corrected chi connectivity index (χ0v) is 10.0. The highest BCUT2D eigenvalue weighted by molar-refractivity contribution is 5.66. The Morgan fingerprint density at radius 3 is 2.06 bits per heavy atom. The Morgan fingerprint density at radius 2 is 1.31 bits per heavy atom. The molecule has 0 atom stereocenters. The minimum Gasteiger partial charge on any atom is -0.355 e. The van der Waals surface area contributed by atoms with Crippen LogP contribution in [0.3, 0.4) is 0 Å². The van der Waals surface area contributed by atoms with Gasteiger partial charge in [-0.1, -0.05) is 30.3 Å². The summed E-state index contributed by atoms with van der Waals surface area (Å²) in [6.45, 7) is 6.40. The van der Waals surface area contributed by atoms with Crippen molar-refractivity contribution in [3.8, 4) is 0 Å². The molecule has 0 spiro atoms. The molecule has 82 valence electrons. The molecular weight excluding hydrogens is 194 g/mol. The molecule has 1 heteroatoms. The molecule has 0 aliphatic heterocycles. The van der Waals surface area contributed by atoms with Gasteiger partial charge >= 0.3 is 0 Å². The molecule has 0 saturated heterocycles. The van der Waals surface area contributed by atoms with Gasteiger partial charge < -0.3 is 5.32 Å². The largest absolute Gasteiger partial charge is 0.355 e. The first-order valence-corrected chi connectivity index (χ1v) is 5.57. The van der Waals surface area contributed by atoms with Crippen molar-refractivity contribution in [2.24, 2.45) is 0 Å². The highest BCUT2D eigenvalue weighted by Gasteiger charge is 2.02. The predicted molar refractivity (Wildman–Crippen MR) is 70.4 cm³/mol. The maximum absolute atomic E-state index is 3.48. The van der Waals surface area contributed by atoms with Crippen LogP contribution in [0.5, 0.6) is 0 Å². The van der Waals surface area contributed by atoms with Crippen LogP contribution in [0.2, 0.25) is 0 Å². The first-order valence-electron chi connectivity index (χ1n) is 5.57. The van der Waals surface area contributed by atoms with Gasteiger partial charge in [-0.3, -0.25) is 0 Å². The van der Waals surface area contributed by atoms with Gasteiger partial charge in [0.2, 0.25) is 0 Å². The van der Waals surface area contributed by atoms with Gasteiger partial charge in [0.25, 0.3) is 0 Å². The molecule has 0 unspecified atom stereocenters. The fourth-order valence-corrected chi connectivity index (χ4v) is 1.74. The van der Waals surface area contributed by atoms with Crippen LogP contribution in [-0.4, -0.2) is 0 Å². The van der Waals surface area contributed by atoms with Crippen molar-refractivity contribution < 1.29 is 0 Å². The Labute approximate surface area is 97.1 Å². The van der Waals surface area contributed by atoms with Crippen LogP contribution >= 0.6 is 0 Å². The van der Waals surface area contributed by atoms with E-state index in [1.807, 2.05) is 0 Å². The summed E-state index contributed by atoms with van der Waals surface area (Å²) in [5, 5.41) is 3.48. The molecule has 2 aromatic carbocycles. The van der Waals surface area contributed by atoms with Crippen LogP contribution in [0.15, 0.2) is 42.5 Å². The molecule has 0 radical (unpaired) electrons. The Balaban J connectivity index is 2.35. The van der Waals surface area contributed by atoms with Crippen molar-refractivity contribution in [1.29, 1.82) is 0 Å². The van der Waals surface area contributed by atoms with Crippen molar-refractivity contribution in [3.05, 3.63) is 59.2 Å². The van der Waals surface area contributed by atoms with E-state index in [1.54, 1.807) is 0 Å². The fourth-order valence-electron chi connectivity index (χ4n) is 1.74. The number of hydrogen-bond acceptors (Lipinski definition) is 1. The molecule has 0 aromatic heterocycles. The van der Waals surface area contributed by atoms with Crippen molar-refractivity contribution >= 4 is 11.4 Å². The molecule has 0 aliphatic rings. The minimum atomic E-state index is 1.18. The number of aryl methyl sites for hydroxylation is 2. The summed E-state index contributed by atoms with van der Waals surface area (Å²) in [6, 6.07) is 14.7. The van der Waals surface area contributed by atoms with Gasteiger partial charge in [0.15, 0.2) is 0 Å². The summed E-state index contributed by atoms with van der Waals surface area (Å²) in [4.78, 5) is 0. The summed E-state index contributed by atoms with van der Waals surface area (Å²) < 4.78 is 0. The minimum absolute atomic E-state index is 1.18. The molecule has 0 amide bonds. The lowest BCUT2D eigenvalue weighted by Gasteiger charge is -2.13. The molecule has 16 heavy (non-hydrogen) atoms. The van der Waals surface area contributed by atoms with E-state index in [0.29, 0.717) is 0 Å². The van der Waals surface area contributed by atoms with Crippen molar-refractivity contribution in [3.63, 3.8) is 0 Å². The third kappa shape index (κ3) is 2.08. The average Bonchev–Trinajstić information content (AvgIpc) is 2.28. The molecular formula is C15H17N. The molecule has 2 aromatic rings. The quantitative estimate of drug-likeness (QED) is 0.778. The molecule has 0 saturated carbocycles. The Kier molecular flexibility index (Phi) is 2.95. The Bertz CT molecular complexity index is 501. The van der Waals surface area contributed by atoms with Gasteiger partial charge in [-0.2, -0.15) is 0 Å². The molecule has 0 fully saturated rings. The van der Waals surface area contributed by atoms with E-state index in [-0.39, 0.29) is 0 Å². The lowest BCUT2D eigenvalue weighted by molar-refractivity contribution is 1.32. The van der Waals surface area contributed by atoms with E-state index in [4.69, 9.17) is 0 Å². The monoisotopic (exact) mass is 211 g/mol. The highest BCUT2D eigenvalue weighted by atomic mass is 14.9. The molecule has 2 rings (SSSR count). The zero-order chi connectivity index (χ0) is 11.5. The third-order valence-corrected chi connectivity index (χ3v) is 3.02. The topological polar surface area (TPSA) is 12.0 Å². The van der Waals surface area contributed by atoms with Crippen molar-refractivity contribution in [2.75, 3.05) is 5.32 Å². The first kappa shape index (κ1) is 10.7. The second kappa shape index (κ2) is 4.40. The lowest BCUT2D eigenvalue weighted by atomic mass is 10.1. The van der Waals surface area contributed by atoms with Gasteiger partial charge in [-0.15, -0.1) is 0 Å². The highest BCUT2D eigenvalue weighted by Crippen LogP contribution is 2.24. The van der Waals surface area contributed by atoms with E-state index in [1.165, 1.54) is 28.1 Å². The predicted octanol–water partition coefficient (Wildman–Crippen LogP) is 4.36. The Morgan fingerprint density at radius 1 is 0.688 bits per heavy atom. The van der Waals surface area contributed by atoms with E-state index < -0.39 is 0 Å². The summed E-state index contributed by atoms with van der Waals surface area (Å²) in [5.41, 5.74) is 6.26. The van der Waals surface area contributed by atoms with Crippen LogP contribution in [0.25, 0.3) is 0 Å². The van der Waals surface area contributed by atoms with Crippen LogP contribution < -0.4 is 5.32 Å². The number of benzene rings is 2. The normalized spacial score (nSPS) is 10.2. The van der Waals surface area contributed by atoms with Crippen LogP contribution in [0.4, 0.5) is 11.4 Å².